The Balaban J connectivity index is 2.40. The minimum absolute atomic E-state index is 0.0516. The van der Waals surface area contributed by atoms with Crippen molar-refractivity contribution >= 4 is 11.4 Å². The molecule has 0 amide bonds. The topological polar surface area (TPSA) is 66.8 Å². The van der Waals surface area contributed by atoms with Gasteiger partial charge in [0.05, 0.1) is 12.7 Å². The Bertz CT molecular complexity index is 515. The second-order valence-electron chi connectivity index (χ2n) is 4.87. The number of phenols is 1. The maximum atomic E-state index is 11.6. The molecule has 2 rings (SSSR count). The third-order valence-corrected chi connectivity index (χ3v) is 3.01. The van der Waals surface area contributed by atoms with Gasteiger partial charge in [0, 0.05) is 12.8 Å². The van der Waals surface area contributed by atoms with E-state index in [4.69, 9.17) is 4.74 Å². The highest BCUT2D eigenvalue weighted by Crippen LogP contribution is 2.35. The molecule has 1 atom stereocenters. The number of aromatic hydroxyl groups is 1. The monoisotopic (exact) mass is 248 g/mol. The van der Waals surface area contributed by atoms with Crippen LogP contribution in [0.2, 0.25) is 0 Å². The minimum atomic E-state index is -1.01. The van der Waals surface area contributed by atoms with Gasteiger partial charge in [0.25, 0.3) is 0 Å². The molecule has 4 heteroatoms. The van der Waals surface area contributed by atoms with Gasteiger partial charge in [0.1, 0.15) is 0 Å². The lowest BCUT2D eigenvalue weighted by Gasteiger charge is -2.27. The van der Waals surface area contributed by atoms with Gasteiger partial charge >= 0.3 is 0 Å². The first-order valence-corrected chi connectivity index (χ1v) is 5.74. The maximum absolute atomic E-state index is 11.6. The van der Waals surface area contributed by atoms with Crippen molar-refractivity contribution in [2.24, 2.45) is 0 Å². The van der Waals surface area contributed by atoms with E-state index in [0.717, 1.165) is 11.1 Å². The van der Waals surface area contributed by atoms with E-state index in [0.29, 0.717) is 12.2 Å². The van der Waals surface area contributed by atoms with Gasteiger partial charge in [0.15, 0.2) is 17.3 Å². The predicted octanol–water partition coefficient (Wildman–Crippen LogP) is 1.90. The van der Waals surface area contributed by atoms with Crippen molar-refractivity contribution in [1.82, 2.24) is 0 Å². The summed E-state index contributed by atoms with van der Waals surface area (Å²) in [4.78, 5) is 11.6. The molecule has 0 aliphatic heterocycles. The number of hydrogen-bond donors (Lipinski definition) is 2. The zero-order valence-corrected chi connectivity index (χ0v) is 10.4. The summed E-state index contributed by atoms with van der Waals surface area (Å²) in [6, 6.07) is 4.89. The van der Waals surface area contributed by atoms with E-state index < -0.39 is 5.60 Å². The molecule has 1 unspecified atom stereocenters. The quantitative estimate of drug-likeness (QED) is 0.838. The lowest BCUT2D eigenvalue weighted by molar-refractivity contribution is -0.119. The van der Waals surface area contributed by atoms with Crippen LogP contribution in [0.3, 0.4) is 0 Å². The van der Waals surface area contributed by atoms with Crippen LogP contribution < -0.4 is 4.74 Å². The molecule has 0 heterocycles. The summed E-state index contributed by atoms with van der Waals surface area (Å²) >= 11 is 0. The molecule has 1 aliphatic carbocycles. The number of ether oxygens (including phenoxy) is 1. The number of aliphatic hydroxyl groups is 1. The molecule has 2 N–H and O–H groups in total. The molecule has 0 saturated heterocycles. The number of rotatable bonds is 2. The highest BCUT2D eigenvalue weighted by molar-refractivity contribution is 5.99. The van der Waals surface area contributed by atoms with Crippen LogP contribution in [0.5, 0.6) is 11.5 Å². The third kappa shape index (κ3) is 2.54. The van der Waals surface area contributed by atoms with Crippen LogP contribution in [-0.4, -0.2) is 28.7 Å². The van der Waals surface area contributed by atoms with E-state index in [1.165, 1.54) is 13.2 Å². The van der Waals surface area contributed by atoms with E-state index >= 15 is 0 Å². The fourth-order valence-electron chi connectivity index (χ4n) is 2.21. The zero-order valence-electron chi connectivity index (χ0n) is 10.4. The number of benzene rings is 1. The predicted molar refractivity (Wildman–Crippen MR) is 67.5 cm³/mol. The van der Waals surface area contributed by atoms with Crippen LogP contribution in [-0.2, 0) is 4.79 Å². The third-order valence-electron chi connectivity index (χ3n) is 3.01. The summed E-state index contributed by atoms with van der Waals surface area (Å²) in [5.74, 6) is 0.315. The first kappa shape index (κ1) is 12.6. The molecule has 1 aromatic carbocycles. The van der Waals surface area contributed by atoms with Gasteiger partial charge in [-0.3, -0.25) is 4.79 Å². The highest BCUT2D eigenvalue weighted by Gasteiger charge is 2.30. The van der Waals surface area contributed by atoms with E-state index in [-0.39, 0.29) is 18.0 Å². The van der Waals surface area contributed by atoms with E-state index in [2.05, 4.69) is 0 Å². The Labute approximate surface area is 106 Å². The molecule has 0 saturated carbocycles. The van der Waals surface area contributed by atoms with Crippen molar-refractivity contribution in [3.05, 3.63) is 29.8 Å². The number of hydrogen-bond acceptors (Lipinski definition) is 4. The fourth-order valence-corrected chi connectivity index (χ4v) is 2.21. The van der Waals surface area contributed by atoms with Gasteiger partial charge in [-0.05, 0) is 36.3 Å². The number of carbonyl (C=O) groups is 1. The second kappa shape index (κ2) is 4.46. The molecule has 0 radical (unpaired) electrons. The maximum Gasteiger partial charge on any atom is 0.161 e. The van der Waals surface area contributed by atoms with Gasteiger partial charge in [-0.1, -0.05) is 6.07 Å². The SMILES string of the molecule is COc1cc(C2=CC(=O)CC(C)(O)C2)ccc1O. The molecule has 4 nitrogen and oxygen atoms in total. The summed E-state index contributed by atoms with van der Waals surface area (Å²) in [7, 11) is 1.47. The Morgan fingerprint density at radius 1 is 1.33 bits per heavy atom. The summed E-state index contributed by atoms with van der Waals surface area (Å²) in [5, 5.41) is 19.5. The van der Waals surface area contributed by atoms with Crippen LogP contribution >= 0.6 is 0 Å². The molecule has 96 valence electrons. The first-order valence-electron chi connectivity index (χ1n) is 5.74. The van der Waals surface area contributed by atoms with Crippen LogP contribution in [0.4, 0.5) is 0 Å². The lowest BCUT2D eigenvalue weighted by atomic mass is 9.83. The number of ketones is 1. The minimum Gasteiger partial charge on any atom is -0.504 e. The van der Waals surface area contributed by atoms with Gasteiger partial charge in [-0.15, -0.1) is 0 Å². The lowest BCUT2D eigenvalue weighted by Crippen LogP contribution is -2.30. The molecular formula is C14H16O4. The molecule has 0 spiro atoms. The van der Waals surface area contributed by atoms with Crippen molar-refractivity contribution in [2.75, 3.05) is 7.11 Å². The highest BCUT2D eigenvalue weighted by atomic mass is 16.5. The molecule has 18 heavy (non-hydrogen) atoms. The standard InChI is InChI=1S/C14H16O4/c1-14(17)7-10(5-11(15)8-14)9-3-4-12(16)13(6-9)18-2/h3-6,16-17H,7-8H2,1-2H3. The van der Waals surface area contributed by atoms with Crippen molar-refractivity contribution < 1.29 is 19.7 Å². The van der Waals surface area contributed by atoms with Gasteiger partial charge in [-0.2, -0.15) is 0 Å². The van der Waals surface area contributed by atoms with Crippen molar-refractivity contribution in [1.29, 1.82) is 0 Å². The van der Waals surface area contributed by atoms with Crippen LogP contribution in [0, 0.1) is 0 Å². The summed E-state index contributed by atoms with van der Waals surface area (Å²) in [6.45, 7) is 1.65. The molecule has 0 aromatic heterocycles. The van der Waals surface area contributed by atoms with Crippen LogP contribution in [0.15, 0.2) is 24.3 Å². The van der Waals surface area contributed by atoms with Gasteiger partial charge < -0.3 is 14.9 Å². The van der Waals surface area contributed by atoms with Gasteiger partial charge in [-0.25, -0.2) is 0 Å². The van der Waals surface area contributed by atoms with E-state index in [9.17, 15) is 15.0 Å². The Hall–Kier alpha value is -1.81. The van der Waals surface area contributed by atoms with Crippen LogP contribution in [0.1, 0.15) is 25.3 Å². The largest absolute Gasteiger partial charge is 0.504 e. The first-order chi connectivity index (χ1) is 8.41. The van der Waals surface area contributed by atoms with Gasteiger partial charge in [0.2, 0.25) is 0 Å². The Morgan fingerprint density at radius 3 is 2.67 bits per heavy atom. The van der Waals surface area contributed by atoms with E-state index in [1.54, 1.807) is 25.1 Å². The smallest absolute Gasteiger partial charge is 0.161 e. The molecule has 0 bridgehead atoms. The average Bonchev–Trinajstić information content (AvgIpc) is 2.27. The number of phenolic OH excluding ortho intramolecular Hbond substituents is 1. The van der Waals surface area contributed by atoms with Crippen LogP contribution in [0.25, 0.3) is 5.57 Å². The fraction of sp³-hybridized carbons (Fsp3) is 0.357. The number of allylic oxidation sites excluding steroid dienone is 1. The Morgan fingerprint density at radius 2 is 2.06 bits per heavy atom. The Kier molecular flexibility index (Phi) is 3.13. The second-order valence-corrected chi connectivity index (χ2v) is 4.87. The molecular weight excluding hydrogens is 232 g/mol. The number of carbonyl (C=O) groups excluding carboxylic acids is 1. The molecule has 1 aliphatic rings. The van der Waals surface area contributed by atoms with Crippen molar-refractivity contribution in [3.8, 4) is 11.5 Å². The summed E-state index contributed by atoms with van der Waals surface area (Å²) in [5.41, 5.74) is 0.527. The normalized spacial score (nSPS) is 23.7. The van der Waals surface area contributed by atoms with Crippen molar-refractivity contribution in [3.63, 3.8) is 0 Å². The van der Waals surface area contributed by atoms with E-state index in [1.807, 2.05) is 0 Å². The average molecular weight is 248 g/mol. The molecule has 0 fully saturated rings. The number of methoxy groups -OCH3 is 1. The molecule has 1 aromatic rings. The zero-order chi connectivity index (χ0) is 13.3. The van der Waals surface area contributed by atoms with Crippen molar-refractivity contribution in [2.45, 2.75) is 25.4 Å². The summed E-state index contributed by atoms with van der Waals surface area (Å²) < 4.78 is 5.03. The summed E-state index contributed by atoms with van der Waals surface area (Å²) in [6.07, 6.45) is 2.10.